The molecule has 0 saturated heterocycles. The number of aromatic carboxylic acids is 1. The fraction of sp³-hybridized carbons (Fsp3) is 0.182. The Kier molecular flexibility index (Phi) is 3.82. The van der Waals surface area contributed by atoms with Crippen LogP contribution in [0, 0.1) is 5.41 Å². The summed E-state index contributed by atoms with van der Waals surface area (Å²) in [4.78, 5) is 14.8. The largest absolute Gasteiger partial charge is 0.478 e. The van der Waals surface area contributed by atoms with Gasteiger partial charge >= 0.3 is 5.97 Å². The summed E-state index contributed by atoms with van der Waals surface area (Å²) in [6, 6.07) is 1.38. The molecule has 0 unspecified atom stereocenters. The van der Waals surface area contributed by atoms with Crippen LogP contribution in [0.4, 0.5) is 5.69 Å². The maximum Gasteiger partial charge on any atom is 0.337 e. The molecule has 6 heteroatoms. The number of allylic oxidation sites excluding steroid dienone is 2. The predicted octanol–water partition coefficient (Wildman–Crippen LogP) is 1.42. The van der Waals surface area contributed by atoms with Crippen LogP contribution in [0.2, 0.25) is 0 Å². The van der Waals surface area contributed by atoms with Crippen LogP contribution < -0.4 is 11.1 Å². The highest BCUT2D eigenvalue weighted by Gasteiger charge is 2.12. The van der Waals surface area contributed by atoms with Crippen LogP contribution in [0.25, 0.3) is 0 Å². The summed E-state index contributed by atoms with van der Waals surface area (Å²) in [6.45, 7) is 3.20. The maximum absolute atomic E-state index is 11.0. The number of pyridine rings is 1. The molecule has 6 nitrogen and oxygen atoms in total. The van der Waals surface area contributed by atoms with E-state index in [9.17, 15) is 4.79 Å². The summed E-state index contributed by atoms with van der Waals surface area (Å²) < 4.78 is 0. The molecule has 0 amide bonds. The first-order valence-corrected chi connectivity index (χ1v) is 4.89. The van der Waals surface area contributed by atoms with Crippen LogP contribution in [0.5, 0.6) is 0 Å². The van der Waals surface area contributed by atoms with Crippen molar-refractivity contribution < 1.29 is 9.90 Å². The van der Waals surface area contributed by atoms with Crippen LogP contribution in [0.1, 0.15) is 24.2 Å². The molecule has 0 aliphatic heterocycles. The molecule has 0 atom stereocenters. The van der Waals surface area contributed by atoms with Crippen molar-refractivity contribution in [2.24, 2.45) is 5.73 Å². The van der Waals surface area contributed by atoms with Crippen molar-refractivity contribution in [2.45, 2.75) is 13.8 Å². The molecule has 0 aliphatic carbocycles. The molecule has 0 saturated carbocycles. The Morgan fingerprint density at radius 3 is 2.65 bits per heavy atom. The normalized spacial score (nSPS) is 11.6. The molecule has 0 aromatic carbocycles. The van der Waals surface area contributed by atoms with Gasteiger partial charge in [-0.2, -0.15) is 0 Å². The van der Waals surface area contributed by atoms with Crippen LogP contribution in [0.3, 0.4) is 0 Å². The summed E-state index contributed by atoms with van der Waals surface area (Å²) >= 11 is 0. The van der Waals surface area contributed by atoms with Gasteiger partial charge in [-0.15, -0.1) is 0 Å². The lowest BCUT2D eigenvalue weighted by Crippen LogP contribution is -2.16. The van der Waals surface area contributed by atoms with Gasteiger partial charge in [0.1, 0.15) is 0 Å². The molecule has 1 aromatic heterocycles. The number of rotatable bonds is 4. The van der Waals surface area contributed by atoms with E-state index >= 15 is 0 Å². The Morgan fingerprint density at radius 1 is 1.53 bits per heavy atom. The molecule has 17 heavy (non-hydrogen) atoms. The zero-order chi connectivity index (χ0) is 13.0. The lowest BCUT2D eigenvalue weighted by Gasteiger charge is -2.13. The molecular formula is C11H14N4O2. The number of carboxylic acids is 1. The Morgan fingerprint density at radius 2 is 2.18 bits per heavy atom. The van der Waals surface area contributed by atoms with Gasteiger partial charge < -0.3 is 21.6 Å². The number of hydrogen-bond donors (Lipinski definition) is 4. The fourth-order valence-electron chi connectivity index (χ4n) is 1.30. The highest BCUT2D eigenvalue weighted by atomic mass is 16.4. The first-order valence-electron chi connectivity index (χ1n) is 4.89. The van der Waals surface area contributed by atoms with E-state index in [1.54, 1.807) is 13.8 Å². The highest BCUT2D eigenvalue weighted by Crippen LogP contribution is 2.16. The Hall–Kier alpha value is -2.37. The SMILES string of the molecule is CC(=N)/C(Nc1cnccc1C(=O)O)=C(/C)N. The molecule has 0 fully saturated rings. The second-order valence-corrected chi connectivity index (χ2v) is 3.53. The molecule has 0 aliphatic rings. The van der Waals surface area contributed by atoms with E-state index in [0.717, 1.165) is 0 Å². The van der Waals surface area contributed by atoms with Crippen LogP contribution in [0.15, 0.2) is 29.9 Å². The van der Waals surface area contributed by atoms with E-state index < -0.39 is 5.97 Å². The number of hydrogen-bond acceptors (Lipinski definition) is 5. The third-order valence-electron chi connectivity index (χ3n) is 2.08. The molecule has 5 N–H and O–H groups in total. The van der Waals surface area contributed by atoms with E-state index in [2.05, 4.69) is 10.3 Å². The minimum atomic E-state index is -1.06. The average Bonchev–Trinajstić information content (AvgIpc) is 2.25. The average molecular weight is 234 g/mol. The number of aromatic nitrogens is 1. The third kappa shape index (κ3) is 3.04. The number of anilines is 1. The monoisotopic (exact) mass is 234 g/mol. The first-order chi connectivity index (χ1) is 7.93. The lowest BCUT2D eigenvalue weighted by atomic mass is 10.2. The standard InChI is InChI=1S/C11H14N4O2/c1-6(12)10(7(2)13)15-9-5-14-4-3-8(9)11(16)17/h3-5,12,15H,13H2,1-2H3,(H,16,17)/b10-7+,12-6?. The topological polar surface area (TPSA) is 112 Å². The molecule has 90 valence electrons. The number of carboxylic acid groups (broad SMARTS) is 1. The number of nitrogens with zero attached hydrogens (tertiary/aromatic N) is 1. The van der Waals surface area contributed by atoms with Crippen molar-refractivity contribution in [2.75, 3.05) is 5.32 Å². The van der Waals surface area contributed by atoms with Gasteiger partial charge in [-0.3, -0.25) is 4.98 Å². The van der Waals surface area contributed by atoms with Crippen molar-refractivity contribution in [1.29, 1.82) is 5.41 Å². The van der Waals surface area contributed by atoms with Gasteiger partial charge in [0.2, 0.25) is 0 Å². The molecular weight excluding hydrogens is 220 g/mol. The molecule has 0 spiro atoms. The van der Waals surface area contributed by atoms with E-state index in [1.807, 2.05) is 0 Å². The smallest absolute Gasteiger partial charge is 0.337 e. The van der Waals surface area contributed by atoms with Gasteiger partial charge in [-0.25, -0.2) is 4.79 Å². The maximum atomic E-state index is 11.0. The number of carbonyl (C=O) groups is 1. The molecule has 1 heterocycles. The molecule has 1 aromatic rings. The van der Waals surface area contributed by atoms with Crippen molar-refractivity contribution >= 4 is 17.4 Å². The quantitative estimate of drug-likeness (QED) is 0.588. The first kappa shape index (κ1) is 12.7. The van der Waals surface area contributed by atoms with Gasteiger partial charge in [-0.05, 0) is 19.9 Å². The fourth-order valence-corrected chi connectivity index (χ4v) is 1.30. The third-order valence-corrected chi connectivity index (χ3v) is 2.08. The Balaban J connectivity index is 3.15. The highest BCUT2D eigenvalue weighted by molar-refractivity contribution is 6.01. The van der Waals surface area contributed by atoms with Gasteiger partial charge in [0.05, 0.1) is 28.9 Å². The van der Waals surface area contributed by atoms with E-state index in [-0.39, 0.29) is 11.3 Å². The second kappa shape index (κ2) is 5.11. The van der Waals surface area contributed by atoms with Crippen LogP contribution in [-0.2, 0) is 0 Å². The number of nitrogens with two attached hydrogens (primary N) is 1. The van der Waals surface area contributed by atoms with Crippen molar-refractivity contribution in [3.05, 3.63) is 35.4 Å². The predicted molar refractivity (Wildman–Crippen MR) is 65.1 cm³/mol. The molecule has 0 radical (unpaired) electrons. The Labute approximate surface area is 98.7 Å². The summed E-state index contributed by atoms with van der Waals surface area (Å²) in [5.41, 5.74) is 7.05. The van der Waals surface area contributed by atoms with Crippen molar-refractivity contribution in [3.63, 3.8) is 0 Å². The minimum Gasteiger partial charge on any atom is -0.478 e. The second-order valence-electron chi connectivity index (χ2n) is 3.53. The summed E-state index contributed by atoms with van der Waals surface area (Å²) in [5.74, 6) is -1.06. The lowest BCUT2D eigenvalue weighted by molar-refractivity contribution is 0.0698. The zero-order valence-electron chi connectivity index (χ0n) is 9.61. The zero-order valence-corrected chi connectivity index (χ0v) is 9.61. The van der Waals surface area contributed by atoms with Crippen LogP contribution in [-0.4, -0.2) is 21.8 Å². The Bertz CT molecular complexity index is 490. The summed E-state index contributed by atoms with van der Waals surface area (Å²) in [7, 11) is 0. The van der Waals surface area contributed by atoms with Gasteiger partial charge in [0.25, 0.3) is 0 Å². The van der Waals surface area contributed by atoms with E-state index in [4.69, 9.17) is 16.2 Å². The van der Waals surface area contributed by atoms with Gasteiger partial charge in [-0.1, -0.05) is 0 Å². The number of nitrogens with one attached hydrogen (secondary N) is 2. The van der Waals surface area contributed by atoms with E-state index in [0.29, 0.717) is 17.1 Å². The summed E-state index contributed by atoms with van der Waals surface area (Å²) in [6.07, 6.45) is 2.78. The van der Waals surface area contributed by atoms with Gasteiger partial charge in [0, 0.05) is 11.9 Å². The minimum absolute atomic E-state index is 0.0833. The van der Waals surface area contributed by atoms with Crippen molar-refractivity contribution in [3.8, 4) is 0 Å². The van der Waals surface area contributed by atoms with E-state index in [1.165, 1.54) is 18.5 Å². The molecule has 0 bridgehead atoms. The van der Waals surface area contributed by atoms with Gasteiger partial charge in [0.15, 0.2) is 0 Å². The summed E-state index contributed by atoms with van der Waals surface area (Å²) in [5, 5.41) is 19.3. The van der Waals surface area contributed by atoms with Crippen LogP contribution >= 0.6 is 0 Å². The van der Waals surface area contributed by atoms with Crippen molar-refractivity contribution in [1.82, 2.24) is 4.98 Å². The molecule has 1 rings (SSSR count).